The lowest BCUT2D eigenvalue weighted by Gasteiger charge is -2.17. The number of sulfonamides is 1. The zero-order valence-corrected chi connectivity index (χ0v) is 12.8. The summed E-state index contributed by atoms with van der Waals surface area (Å²) in [5.41, 5.74) is 0. The molecule has 0 saturated heterocycles. The minimum absolute atomic E-state index is 0.157. The van der Waals surface area contributed by atoms with E-state index in [1.807, 2.05) is 4.72 Å². The third kappa shape index (κ3) is 4.15. The van der Waals surface area contributed by atoms with Gasteiger partial charge in [-0.2, -0.15) is 4.72 Å². The lowest BCUT2D eigenvalue weighted by atomic mass is 10.2. The van der Waals surface area contributed by atoms with Crippen molar-refractivity contribution in [1.29, 1.82) is 0 Å². The molecular weight excluding hydrogens is 362 g/mol. The van der Waals surface area contributed by atoms with Crippen LogP contribution >= 0.6 is 27.5 Å². The molecule has 0 unspecified atom stereocenters. The van der Waals surface area contributed by atoms with E-state index in [0.29, 0.717) is 9.50 Å². The third-order valence-corrected chi connectivity index (χ3v) is 4.88. The van der Waals surface area contributed by atoms with Crippen LogP contribution in [0.25, 0.3) is 0 Å². The number of carboxylic acid groups (broad SMARTS) is 1. The fourth-order valence-corrected chi connectivity index (χ4v) is 3.17. The molecule has 0 fully saturated rings. The molecule has 0 spiro atoms. The summed E-state index contributed by atoms with van der Waals surface area (Å²) in [6.07, 6.45) is -1.37. The van der Waals surface area contributed by atoms with Gasteiger partial charge in [-0.3, -0.25) is 4.79 Å². The molecule has 1 aromatic carbocycles. The molecule has 0 bridgehead atoms. The number of carboxylic acids is 1. The number of rotatable bonds is 5. The maximum atomic E-state index is 12.0. The number of carbonyl (C=O) groups is 1. The van der Waals surface area contributed by atoms with Crippen LogP contribution in [0, 0.1) is 0 Å². The van der Waals surface area contributed by atoms with Crippen molar-refractivity contribution in [2.45, 2.75) is 24.0 Å². The van der Waals surface area contributed by atoms with Crippen molar-refractivity contribution in [3.05, 3.63) is 27.7 Å². The maximum Gasteiger partial charge on any atom is 0.324 e. The standard InChI is InChI=1S/C10H11BrClNO5S/c1-5(14)9(10(15)16)13-19(17,18)6-2-3-8(12)7(11)4-6/h2-5,9,13-14H,1H3,(H,15,16)/t5-,9+/m1/s1. The van der Waals surface area contributed by atoms with Gasteiger partial charge in [0.1, 0.15) is 6.04 Å². The topological polar surface area (TPSA) is 104 Å². The molecule has 6 nitrogen and oxygen atoms in total. The molecule has 19 heavy (non-hydrogen) atoms. The minimum Gasteiger partial charge on any atom is -0.480 e. The summed E-state index contributed by atoms with van der Waals surface area (Å²) in [6, 6.07) is 2.21. The van der Waals surface area contributed by atoms with Crippen LogP contribution in [0.1, 0.15) is 6.92 Å². The Kier molecular flexibility index (Phi) is 5.34. The number of benzene rings is 1. The van der Waals surface area contributed by atoms with Gasteiger partial charge in [0, 0.05) is 4.47 Å². The fraction of sp³-hybridized carbons (Fsp3) is 0.300. The first kappa shape index (κ1) is 16.4. The van der Waals surface area contributed by atoms with Gasteiger partial charge in [0.15, 0.2) is 0 Å². The first-order valence-electron chi connectivity index (χ1n) is 5.03. The van der Waals surface area contributed by atoms with E-state index in [0.717, 1.165) is 0 Å². The van der Waals surface area contributed by atoms with Crippen LogP contribution in [-0.2, 0) is 14.8 Å². The molecule has 0 aliphatic heterocycles. The molecule has 0 aromatic heterocycles. The summed E-state index contributed by atoms with van der Waals surface area (Å²) in [5, 5.41) is 18.4. The summed E-state index contributed by atoms with van der Waals surface area (Å²) >= 11 is 8.81. The first-order valence-corrected chi connectivity index (χ1v) is 7.69. The van der Waals surface area contributed by atoms with E-state index in [2.05, 4.69) is 15.9 Å². The Bertz CT molecular complexity index is 590. The molecule has 0 heterocycles. The molecule has 0 saturated carbocycles. The molecule has 1 rings (SSSR count). The number of halogens is 2. The summed E-state index contributed by atoms with van der Waals surface area (Å²) in [4.78, 5) is 10.7. The highest BCUT2D eigenvalue weighted by atomic mass is 79.9. The van der Waals surface area contributed by atoms with Gasteiger partial charge in [0.2, 0.25) is 10.0 Å². The highest BCUT2D eigenvalue weighted by Gasteiger charge is 2.29. The van der Waals surface area contributed by atoms with Crippen molar-refractivity contribution in [1.82, 2.24) is 4.72 Å². The van der Waals surface area contributed by atoms with Crippen molar-refractivity contribution in [3.63, 3.8) is 0 Å². The Morgan fingerprint density at radius 2 is 2.05 bits per heavy atom. The Labute approximate surface area is 123 Å². The van der Waals surface area contributed by atoms with E-state index < -0.39 is 28.1 Å². The van der Waals surface area contributed by atoms with Crippen molar-refractivity contribution in [2.24, 2.45) is 0 Å². The molecule has 9 heteroatoms. The lowest BCUT2D eigenvalue weighted by molar-refractivity contribution is -0.141. The van der Waals surface area contributed by atoms with E-state index in [9.17, 15) is 18.3 Å². The average Bonchev–Trinajstić information content (AvgIpc) is 2.28. The fourth-order valence-electron chi connectivity index (χ4n) is 1.23. The number of aliphatic hydroxyl groups excluding tert-OH is 1. The zero-order valence-electron chi connectivity index (χ0n) is 9.67. The van der Waals surface area contributed by atoms with Crippen molar-refractivity contribution < 1.29 is 23.4 Å². The molecule has 0 radical (unpaired) electrons. The minimum atomic E-state index is -4.07. The summed E-state index contributed by atoms with van der Waals surface area (Å²) in [5.74, 6) is -1.47. The van der Waals surface area contributed by atoms with Crippen LogP contribution < -0.4 is 4.72 Å². The van der Waals surface area contributed by atoms with Crippen LogP contribution in [-0.4, -0.2) is 36.7 Å². The van der Waals surface area contributed by atoms with E-state index >= 15 is 0 Å². The Balaban J connectivity index is 3.10. The van der Waals surface area contributed by atoms with Gasteiger partial charge >= 0.3 is 5.97 Å². The average molecular weight is 373 g/mol. The monoisotopic (exact) mass is 371 g/mol. The van der Waals surface area contributed by atoms with Crippen LogP contribution in [0.2, 0.25) is 5.02 Å². The number of hydrogen-bond acceptors (Lipinski definition) is 4. The normalized spacial score (nSPS) is 14.9. The number of aliphatic hydroxyl groups is 1. The smallest absolute Gasteiger partial charge is 0.324 e. The number of aliphatic carboxylic acids is 1. The van der Waals surface area contributed by atoms with Crippen molar-refractivity contribution in [2.75, 3.05) is 0 Å². The highest BCUT2D eigenvalue weighted by Crippen LogP contribution is 2.25. The van der Waals surface area contributed by atoms with Crippen LogP contribution in [0.4, 0.5) is 0 Å². The highest BCUT2D eigenvalue weighted by molar-refractivity contribution is 9.10. The summed E-state index contributed by atoms with van der Waals surface area (Å²) < 4.78 is 26.2. The van der Waals surface area contributed by atoms with Gasteiger partial charge in [-0.05, 0) is 41.1 Å². The predicted octanol–water partition coefficient (Wildman–Crippen LogP) is 1.21. The van der Waals surface area contributed by atoms with Crippen LogP contribution in [0.3, 0.4) is 0 Å². The van der Waals surface area contributed by atoms with Gasteiger partial charge in [-0.25, -0.2) is 8.42 Å². The largest absolute Gasteiger partial charge is 0.480 e. The van der Waals surface area contributed by atoms with E-state index in [1.165, 1.54) is 25.1 Å². The molecule has 0 aliphatic carbocycles. The summed E-state index contributed by atoms with van der Waals surface area (Å²) in [7, 11) is -4.07. The van der Waals surface area contributed by atoms with E-state index in [4.69, 9.17) is 16.7 Å². The molecule has 2 atom stereocenters. The zero-order chi connectivity index (χ0) is 14.8. The third-order valence-electron chi connectivity index (χ3n) is 2.23. The maximum absolute atomic E-state index is 12.0. The van der Waals surface area contributed by atoms with Crippen LogP contribution in [0.5, 0.6) is 0 Å². The molecule has 0 amide bonds. The van der Waals surface area contributed by atoms with Gasteiger partial charge in [0.25, 0.3) is 0 Å². The van der Waals surface area contributed by atoms with Gasteiger partial charge in [-0.1, -0.05) is 11.6 Å². The molecule has 1 aromatic rings. The predicted molar refractivity (Wildman–Crippen MR) is 72.6 cm³/mol. The first-order chi connectivity index (χ1) is 8.65. The second-order valence-corrected chi connectivity index (χ2v) is 6.73. The Morgan fingerprint density at radius 1 is 1.47 bits per heavy atom. The molecular formula is C10H11BrClNO5S. The Morgan fingerprint density at radius 3 is 2.47 bits per heavy atom. The van der Waals surface area contributed by atoms with Crippen LogP contribution in [0.15, 0.2) is 27.6 Å². The lowest BCUT2D eigenvalue weighted by Crippen LogP contribution is -2.47. The van der Waals surface area contributed by atoms with Gasteiger partial charge in [0.05, 0.1) is 16.0 Å². The molecule has 3 N–H and O–H groups in total. The second-order valence-electron chi connectivity index (χ2n) is 3.75. The quantitative estimate of drug-likeness (QED) is 0.721. The van der Waals surface area contributed by atoms with Crippen molar-refractivity contribution >= 4 is 43.5 Å². The second kappa shape index (κ2) is 6.19. The van der Waals surface area contributed by atoms with E-state index in [-0.39, 0.29) is 4.90 Å². The van der Waals surface area contributed by atoms with Crippen molar-refractivity contribution in [3.8, 4) is 0 Å². The van der Waals surface area contributed by atoms with Gasteiger partial charge in [-0.15, -0.1) is 0 Å². The van der Waals surface area contributed by atoms with E-state index in [1.54, 1.807) is 0 Å². The number of hydrogen-bond donors (Lipinski definition) is 3. The van der Waals surface area contributed by atoms with Gasteiger partial charge < -0.3 is 10.2 Å². The SMILES string of the molecule is C[C@@H](O)[C@H](NS(=O)(=O)c1ccc(Cl)c(Br)c1)C(=O)O. The molecule has 0 aliphatic rings. The summed E-state index contributed by atoms with van der Waals surface area (Å²) in [6.45, 7) is 1.18. The molecule has 106 valence electrons. The Hall–Kier alpha value is -0.670. The number of nitrogens with one attached hydrogen (secondary N) is 1.